The lowest BCUT2D eigenvalue weighted by Gasteiger charge is -2.20. The molecule has 110 valence electrons. The van der Waals surface area contributed by atoms with Crippen LogP contribution in [0.5, 0.6) is 0 Å². The Hall–Kier alpha value is -1.66. The molecule has 0 aliphatic heterocycles. The van der Waals surface area contributed by atoms with Crippen LogP contribution in [0.25, 0.3) is 0 Å². The van der Waals surface area contributed by atoms with E-state index in [0.29, 0.717) is 31.9 Å². The quantitative estimate of drug-likeness (QED) is 0.441. The van der Waals surface area contributed by atoms with E-state index in [1.165, 1.54) is 18.2 Å². The third kappa shape index (κ3) is 4.18. The second-order valence-electron chi connectivity index (χ2n) is 4.01. The van der Waals surface area contributed by atoms with Gasteiger partial charge in [-0.1, -0.05) is 11.6 Å². The fourth-order valence-corrected chi connectivity index (χ4v) is 1.94. The van der Waals surface area contributed by atoms with Crippen molar-refractivity contribution in [2.45, 2.75) is 13.8 Å². The van der Waals surface area contributed by atoms with E-state index < -0.39 is 4.92 Å². The van der Waals surface area contributed by atoms with Crippen molar-refractivity contribution in [2.24, 2.45) is 0 Å². The summed E-state index contributed by atoms with van der Waals surface area (Å²) in [5.41, 5.74) is 0.125. The fraction of sp³-hybridized carbons (Fsp3) is 0.462. The van der Waals surface area contributed by atoms with Crippen molar-refractivity contribution >= 4 is 23.2 Å². The summed E-state index contributed by atoms with van der Waals surface area (Å²) in [5, 5.41) is 10.6. The largest absolute Gasteiger partial charge is 0.380 e. The van der Waals surface area contributed by atoms with Crippen LogP contribution in [0.15, 0.2) is 18.2 Å². The first kappa shape index (κ1) is 16.4. The van der Waals surface area contributed by atoms with Crippen LogP contribution < -0.4 is 0 Å². The highest BCUT2D eigenvalue weighted by Gasteiger charge is 2.18. The number of hydrogen-bond acceptors (Lipinski definition) is 4. The van der Waals surface area contributed by atoms with E-state index in [2.05, 4.69) is 0 Å². The minimum Gasteiger partial charge on any atom is -0.380 e. The highest BCUT2D eigenvalue weighted by Crippen LogP contribution is 2.25. The van der Waals surface area contributed by atoms with E-state index in [1.54, 1.807) is 4.90 Å². The zero-order valence-electron chi connectivity index (χ0n) is 11.5. The van der Waals surface area contributed by atoms with Crippen LogP contribution in [0, 0.1) is 10.1 Å². The van der Waals surface area contributed by atoms with E-state index in [-0.39, 0.29) is 16.6 Å². The number of rotatable bonds is 7. The summed E-state index contributed by atoms with van der Waals surface area (Å²) < 4.78 is 5.22. The zero-order valence-corrected chi connectivity index (χ0v) is 12.2. The summed E-state index contributed by atoms with van der Waals surface area (Å²) in [7, 11) is 0. The number of nitro benzene ring substituents is 1. The summed E-state index contributed by atoms with van der Waals surface area (Å²) in [5.74, 6) is -0.219. The molecule has 1 aromatic rings. The predicted octanol–water partition coefficient (Wildman–Crippen LogP) is 2.75. The van der Waals surface area contributed by atoms with E-state index in [1.807, 2.05) is 13.8 Å². The SMILES string of the molecule is CCOCCN(CC)C(=O)c1ccc([N+](=O)[O-])c(Cl)c1. The van der Waals surface area contributed by atoms with Gasteiger partial charge in [-0.05, 0) is 26.0 Å². The van der Waals surface area contributed by atoms with Gasteiger partial charge in [0.15, 0.2) is 0 Å². The van der Waals surface area contributed by atoms with Gasteiger partial charge in [-0.2, -0.15) is 0 Å². The third-order valence-electron chi connectivity index (χ3n) is 2.77. The average Bonchev–Trinajstić information content (AvgIpc) is 2.42. The first-order chi connectivity index (χ1) is 9.51. The number of nitrogens with zero attached hydrogens (tertiary/aromatic N) is 2. The summed E-state index contributed by atoms with van der Waals surface area (Å²) in [6.07, 6.45) is 0. The van der Waals surface area contributed by atoms with Crippen LogP contribution in [0.3, 0.4) is 0 Å². The Bertz CT molecular complexity index is 493. The molecule has 0 saturated heterocycles. The molecule has 0 fully saturated rings. The Kier molecular flexibility index (Phi) is 6.41. The van der Waals surface area contributed by atoms with Crippen LogP contribution in [0.1, 0.15) is 24.2 Å². The first-order valence-electron chi connectivity index (χ1n) is 6.32. The van der Waals surface area contributed by atoms with Gasteiger partial charge in [0.25, 0.3) is 11.6 Å². The number of halogens is 1. The summed E-state index contributed by atoms with van der Waals surface area (Å²) in [4.78, 5) is 23.9. The standard InChI is InChI=1S/C13H17ClN2O4/c1-3-15(7-8-20-4-2)13(17)10-5-6-12(16(18)19)11(14)9-10/h5-6,9H,3-4,7-8H2,1-2H3. The van der Waals surface area contributed by atoms with Crippen molar-refractivity contribution in [1.82, 2.24) is 4.90 Å². The molecule has 0 heterocycles. The summed E-state index contributed by atoms with van der Waals surface area (Å²) in [6, 6.07) is 3.98. The minimum absolute atomic E-state index is 0.0401. The number of ether oxygens (including phenoxy) is 1. The first-order valence-corrected chi connectivity index (χ1v) is 6.70. The molecule has 0 atom stereocenters. The highest BCUT2D eigenvalue weighted by molar-refractivity contribution is 6.33. The van der Waals surface area contributed by atoms with Crippen LogP contribution in [0.4, 0.5) is 5.69 Å². The number of carbonyl (C=O) groups is 1. The maximum absolute atomic E-state index is 12.2. The van der Waals surface area contributed by atoms with Crippen LogP contribution in [0.2, 0.25) is 5.02 Å². The zero-order chi connectivity index (χ0) is 15.1. The van der Waals surface area contributed by atoms with E-state index in [4.69, 9.17) is 16.3 Å². The second-order valence-corrected chi connectivity index (χ2v) is 4.41. The maximum Gasteiger partial charge on any atom is 0.287 e. The summed E-state index contributed by atoms with van der Waals surface area (Å²) >= 11 is 5.81. The molecule has 0 N–H and O–H groups in total. The molecule has 0 aromatic heterocycles. The van der Waals surface area contributed by atoms with E-state index >= 15 is 0 Å². The van der Waals surface area contributed by atoms with Gasteiger partial charge in [-0.3, -0.25) is 14.9 Å². The van der Waals surface area contributed by atoms with Gasteiger partial charge in [0.05, 0.1) is 11.5 Å². The number of carbonyl (C=O) groups excluding carboxylic acids is 1. The Morgan fingerprint density at radius 1 is 1.45 bits per heavy atom. The molecule has 0 aliphatic rings. The lowest BCUT2D eigenvalue weighted by molar-refractivity contribution is -0.384. The third-order valence-corrected chi connectivity index (χ3v) is 3.07. The van der Waals surface area contributed by atoms with Crippen LogP contribution in [-0.2, 0) is 4.74 Å². The Morgan fingerprint density at radius 3 is 2.65 bits per heavy atom. The monoisotopic (exact) mass is 300 g/mol. The van der Waals surface area contributed by atoms with Gasteiger partial charge < -0.3 is 9.64 Å². The second kappa shape index (κ2) is 7.81. The predicted molar refractivity (Wildman–Crippen MR) is 76.2 cm³/mol. The van der Waals surface area contributed by atoms with E-state index in [9.17, 15) is 14.9 Å². The molecule has 1 rings (SSSR count). The lowest BCUT2D eigenvalue weighted by atomic mass is 10.2. The molecule has 1 aromatic carbocycles. The number of benzene rings is 1. The van der Waals surface area contributed by atoms with Gasteiger partial charge in [-0.25, -0.2) is 0 Å². The Morgan fingerprint density at radius 2 is 2.15 bits per heavy atom. The maximum atomic E-state index is 12.2. The number of nitro groups is 1. The molecule has 0 aliphatic carbocycles. The van der Waals surface area contributed by atoms with Crippen LogP contribution in [-0.4, -0.2) is 42.0 Å². The van der Waals surface area contributed by atoms with E-state index in [0.717, 1.165) is 0 Å². The normalized spacial score (nSPS) is 10.3. The van der Waals surface area contributed by atoms with Crippen molar-refractivity contribution in [3.05, 3.63) is 38.9 Å². The highest BCUT2D eigenvalue weighted by atomic mass is 35.5. The number of likely N-dealkylation sites (N-methyl/N-ethyl adjacent to an activating group) is 1. The van der Waals surface area contributed by atoms with Gasteiger partial charge in [0.2, 0.25) is 0 Å². The van der Waals surface area contributed by atoms with Crippen molar-refractivity contribution in [3.8, 4) is 0 Å². The molecule has 6 nitrogen and oxygen atoms in total. The Labute approximate surface area is 122 Å². The minimum atomic E-state index is -0.580. The molecule has 0 bridgehead atoms. The van der Waals surface area contributed by atoms with Crippen molar-refractivity contribution < 1.29 is 14.5 Å². The molecule has 1 amide bonds. The van der Waals surface area contributed by atoms with Gasteiger partial charge in [0.1, 0.15) is 5.02 Å². The molecular formula is C13H17ClN2O4. The lowest BCUT2D eigenvalue weighted by Crippen LogP contribution is -2.33. The van der Waals surface area contributed by atoms with Crippen molar-refractivity contribution in [2.75, 3.05) is 26.3 Å². The fourth-order valence-electron chi connectivity index (χ4n) is 1.69. The number of hydrogen-bond donors (Lipinski definition) is 0. The molecule has 20 heavy (non-hydrogen) atoms. The molecule has 0 saturated carbocycles. The molecular weight excluding hydrogens is 284 g/mol. The molecule has 0 spiro atoms. The van der Waals surface area contributed by atoms with Gasteiger partial charge >= 0.3 is 0 Å². The molecule has 7 heteroatoms. The average molecular weight is 301 g/mol. The van der Waals surface area contributed by atoms with Gasteiger partial charge in [-0.15, -0.1) is 0 Å². The van der Waals surface area contributed by atoms with Crippen molar-refractivity contribution in [1.29, 1.82) is 0 Å². The smallest absolute Gasteiger partial charge is 0.287 e. The topological polar surface area (TPSA) is 72.7 Å². The number of amides is 1. The van der Waals surface area contributed by atoms with Gasteiger partial charge in [0, 0.05) is 31.3 Å². The Balaban J connectivity index is 2.84. The summed E-state index contributed by atoms with van der Waals surface area (Å²) in [6.45, 7) is 5.79. The molecule has 0 radical (unpaired) electrons. The van der Waals surface area contributed by atoms with Crippen LogP contribution >= 0.6 is 11.6 Å². The van der Waals surface area contributed by atoms with Crippen molar-refractivity contribution in [3.63, 3.8) is 0 Å². The molecule has 0 unspecified atom stereocenters.